The van der Waals surface area contributed by atoms with Crippen LogP contribution in [0, 0.1) is 11.7 Å². The number of alkyl halides is 3. The van der Waals surface area contributed by atoms with Gasteiger partial charge in [0.2, 0.25) is 0 Å². The van der Waals surface area contributed by atoms with Gasteiger partial charge in [-0.05, 0) is 60.0 Å². The summed E-state index contributed by atoms with van der Waals surface area (Å²) in [6, 6.07) is 4.19. The van der Waals surface area contributed by atoms with Crippen LogP contribution in [-0.2, 0) is 15.8 Å². The second-order valence-electron chi connectivity index (χ2n) is 7.48. The summed E-state index contributed by atoms with van der Waals surface area (Å²) in [6.45, 7) is 0. The van der Waals surface area contributed by atoms with Crippen molar-refractivity contribution in [2.45, 2.75) is 31.5 Å². The molecule has 1 aliphatic heterocycles. The van der Waals surface area contributed by atoms with Gasteiger partial charge in [0.25, 0.3) is 5.91 Å². The first-order valence-electron chi connectivity index (χ1n) is 9.50. The van der Waals surface area contributed by atoms with Crippen LogP contribution in [0.4, 0.5) is 17.6 Å². The fourth-order valence-corrected chi connectivity index (χ4v) is 6.16. The summed E-state index contributed by atoms with van der Waals surface area (Å²) in [5.74, 6) is -3.01. The number of hydrogen-bond acceptors (Lipinski definition) is 5. The van der Waals surface area contributed by atoms with Gasteiger partial charge in [-0.15, -0.1) is 11.3 Å². The molecule has 168 valence electrons. The highest BCUT2D eigenvalue weighted by molar-refractivity contribution is 8.26. The SMILES string of the molecule is O=C(O)[C@@H]1CC[C@H](N2C(=O)C(=Cc3cc(-c4ccc(F)c(C(F)(F)F)c4)cs3)SC2=S)C1. The van der Waals surface area contributed by atoms with Crippen molar-refractivity contribution in [1.82, 2.24) is 4.90 Å². The van der Waals surface area contributed by atoms with Gasteiger partial charge in [0, 0.05) is 10.9 Å². The number of carboxylic acids is 1. The quantitative estimate of drug-likeness (QED) is 0.315. The summed E-state index contributed by atoms with van der Waals surface area (Å²) >= 11 is 7.69. The van der Waals surface area contributed by atoms with Crippen molar-refractivity contribution in [3.63, 3.8) is 0 Å². The topological polar surface area (TPSA) is 57.6 Å². The number of aliphatic carboxylic acids is 1. The van der Waals surface area contributed by atoms with Crippen LogP contribution in [-0.4, -0.2) is 32.2 Å². The van der Waals surface area contributed by atoms with E-state index in [1.165, 1.54) is 22.3 Å². The molecule has 2 fully saturated rings. The maximum atomic E-state index is 13.6. The lowest BCUT2D eigenvalue weighted by atomic mass is 10.0. The monoisotopic (exact) mass is 501 g/mol. The zero-order chi connectivity index (χ0) is 23.2. The first kappa shape index (κ1) is 22.9. The Morgan fingerprint density at radius 3 is 2.62 bits per heavy atom. The van der Waals surface area contributed by atoms with Gasteiger partial charge >= 0.3 is 12.1 Å². The number of thioether (sulfide) groups is 1. The number of carboxylic acid groups (broad SMARTS) is 1. The number of carbonyl (C=O) groups excluding carboxylic acids is 1. The molecule has 2 aliphatic rings. The van der Waals surface area contributed by atoms with Gasteiger partial charge in [-0.2, -0.15) is 13.2 Å². The minimum atomic E-state index is -4.80. The summed E-state index contributed by atoms with van der Waals surface area (Å²) in [6.07, 6.45) is -1.78. The predicted molar refractivity (Wildman–Crippen MR) is 118 cm³/mol. The number of carbonyl (C=O) groups is 2. The Bertz CT molecular complexity index is 1140. The molecule has 32 heavy (non-hydrogen) atoms. The molecular weight excluding hydrogens is 486 g/mol. The third-order valence-corrected chi connectivity index (χ3v) is 7.65. The van der Waals surface area contributed by atoms with Gasteiger partial charge < -0.3 is 5.11 Å². The highest BCUT2D eigenvalue weighted by Crippen LogP contribution is 2.41. The second kappa shape index (κ2) is 8.60. The fourth-order valence-electron chi connectivity index (χ4n) is 3.84. The van der Waals surface area contributed by atoms with E-state index in [1.807, 2.05) is 0 Å². The largest absolute Gasteiger partial charge is 0.481 e. The number of thiocarbonyl (C=S) groups is 1. The maximum absolute atomic E-state index is 13.6. The smallest absolute Gasteiger partial charge is 0.419 e. The van der Waals surface area contributed by atoms with Crippen molar-refractivity contribution in [2.24, 2.45) is 5.92 Å². The van der Waals surface area contributed by atoms with Crippen LogP contribution < -0.4 is 0 Å². The van der Waals surface area contributed by atoms with Crippen LogP contribution >= 0.6 is 35.3 Å². The number of thiophene rings is 1. The van der Waals surface area contributed by atoms with Crippen LogP contribution in [0.2, 0.25) is 0 Å². The summed E-state index contributed by atoms with van der Waals surface area (Å²) < 4.78 is 52.9. The molecule has 4 rings (SSSR count). The van der Waals surface area contributed by atoms with E-state index in [4.69, 9.17) is 12.2 Å². The molecule has 11 heteroatoms. The van der Waals surface area contributed by atoms with E-state index < -0.39 is 29.4 Å². The predicted octanol–water partition coefficient (Wildman–Crippen LogP) is 6.03. The Kier molecular flexibility index (Phi) is 6.17. The molecule has 1 saturated heterocycles. The van der Waals surface area contributed by atoms with Crippen molar-refractivity contribution in [3.8, 4) is 11.1 Å². The Hall–Kier alpha value is -2.24. The van der Waals surface area contributed by atoms with Gasteiger partial charge in [0.05, 0.1) is 16.4 Å². The minimum Gasteiger partial charge on any atom is -0.481 e. The highest BCUT2D eigenvalue weighted by Gasteiger charge is 2.42. The number of rotatable bonds is 4. The number of amides is 1. The lowest BCUT2D eigenvalue weighted by molar-refractivity contribution is -0.142. The minimum absolute atomic E-state index is 0.216. The average molecular weight is 502 g/mol. The zero-order valence-electron chi connectivity index (χ0n) is 16.2. The van der Waals surface area contributed by atoms with Crippen LogP contribution in [0.15, 0.2) is 34.6 Å². The van der Waals surface area contributed by atoms with Crippen LogP contribution in [0.25, 0.3) is 17.2 Å². The molecule has 0 radical (unpaired) electrons. The molecule has 1 aliphatic carbocycles. The van der Waals surface area contributed by atoms with E-state index in [-0.39, 0.29) is 17.5 Å². The van der Waals surface area contributed by atoms with Crippen LogP contribution in [0.3, 0.4) is 0 Å². The van der Waals surface area contributed by atoms with E-state index in [1.54, 1.807) is 17.5 Å². The molecule has 0 bridgehead atoms. The molecule has 2 atom stereocenters. The van der Waals surface area contributed by atoms with Gasteiger partial charge in [-0.3, -0.25) is 14.5 Å². The van der Waals surface area contributed by atoms with Gasteiger partial charge in [0.1, 0.15) is 10.1 Å². The Morgan fingerprint density at radius 1 is 1.22 bits per heavy atom. The number of hydrogen-bond donors (Lipinski definition) is 1. The summed E-state index contributed by atoms with van der Waals surface area (Å²) in [5, 5.41) is 10.8. The van der Waals surface area contributed by atoms with Crippen LogP contribution in [0.5, 0.6) is 0 Å². The molecule has 2 heterocycles. The van der Waals surface area contributed by atoms with E-state index in [2.05, 4.69) is 0 Å². The normalized spacial score (nSPS) is 22.9. The third-order valence-electron chi connectivity index (χ3n) is 5.44. The Labute approximate surface area is 193 Å². The number of nitrogens with zero attached hydrogens (tertiary/aromatic N) is 1. The molecule has 1 N–H and O–H groups in total. The van der Waals surface area contributed by atoms with Gasteiger partial charge in [-0.25, -0.2) is 4.39 Å². The number of benzene rings is 1. The third kappa shape index (κ3) is 4.46. The molecule has 4 nitrogen and oxygen atoms in total. The molecule has 2 aromatic rings. The van der Waals surface area contributed by atoms with Crippen molar-refractivity contribution < 1.29 is 32.3 Å². The summed E-state index contributed by atoms with van der Waals surface area (Å²) in [4.78, 5) is 26.6. The highest BCUT2D eigenvalue weighted by atomic mass is 32.2. The van der Waals surface area contributed by atoms with Gasteiger partial charge in [-0.1, -0.05) is 30.0 Å². The van der Waals surface area contributed by atoms with E-state index in [0.717, 1.165) is 23.9 Å². The second-order valence-corrected chi connectivity index (χ2v) is 10.1. The Morgan fingerprint density at radius 2 is 1.97 bits per heavy atom. The molecule has 0 unspecified atom stereocenters. The van der Waals surface area contributed by atoms with E-state index in [0.29, 0.717) is 38.9 Å². The lowest BCUT2D eigenvalue weighted by Crippen LogP contribution is -2.37. The number of halogens is 4. The molecule has 1 aromatic carbocycles. The molecule has 1 aromatic heterocycles. The first-order chi connectivity index (χ1) is 15.0. The average Bonchev–Trinajstić information content (AvgIpc) is 3.42. The molecule has 0 spiro atoms. The van der Waals surface area contributed by atoms with Gasteiger partial charge in [0.15, 0.2) is 0 Å². The Balaban J connectivity index is 1.55. The van der Waals surface area contributed by atoms with E-state index in [9.17, 15) is 32.3 Å². The lowest BCUT2D eigenvalue weighted by Gasteiger charge is -2.22. The fraction of sp³-hybridized carbons (Fsp3) is 0.286. The van der Waals surface area contributed by atoms with Crippen molar-refractivity contribution >= 4 is 57.6 Å². The summed E-state index contributed by atoms with van der Waals surface area (Å²) in [5.41, 5.74) is -0.644. The van der Waals surface area contributed by atoms with E-state index >= 15 is 0 Å². The maximum Gasteiger partial charge on any atom is 0.419 e. The first-order valence-corrected chi connectivity index (χ1v) is 11.6. The van der Waals surface area contributed by atoms with Crippen molar-refractivity contribution in [3.05, 3.63) is 50.8 Å². The molecular formula is C21H15F4NO3S3. The standard InChI is InChI=1S/C21H15F4NO3S3/c22-16-4-2-10(7-15(16)21(23,24)25)12-6-14(31-9-12)8-17-18(27)26(20(30)32-17)13-3-1-11(5-13)19(28)29/h2,4,6-9,11,13H,1,3,5H2,(H,28,29)/t11-,13+/m1/s1. The molecule has 1 amide bonds. The summed E-state index contributed by atoms with van der Waals surface area (Å²) in [7, 11) is 0. The zero-order valence-corrected chi connectivity index (χ0v) is 18.6. The van der Waals surface area contributed by atoms with Crippen molar-refractivity contribution in [1.29, 1.82) is 0 Å². The van der Waals surface area contributed by atoms with Crippen LogP contribution in [0.1, 0.15) is 29.7 Å². The van der Waals surface area contributed by atoms with Crippen molar-refractivity contribution in [2.75, 3.05) is 0 Å². The molecule has 1 saturated carbocycles.